The molecule has 3 heterocycles. The second-order valence-corrected chi connectivity index (χ2v) is 9.89. The Balaban J connectivity index is 1.36. The standard InChI is InChI=1S/C28H27F3N4O2/c1-16-14-34(15-32-16)23-8-5-17(11-24(23)36-2)10-19-4-3-9-35-26(20-12-21(29)25(31)22(30)13-20)27(18-6-7-18)37-33-28(19)35/h5,8,10-15,18,26-27H,3-4,6-7,9H2,1-2H3/t26-,27?/m0/s1. The van der Waals surface area contributed by atoms with Crippen molar-refractivity contribution in [3.63, 3.8) is 0 Å². The molecule has 0 amide bonds. The summed E-state index contributed by atoms with van der Waals surface area (Å²) < 4.78 is 49.8. The number of halogens is 3. The van der Waals surface area contributed by atoms with Gasteiger partial charge in [0.05, 0.1) is 30.9 Å². The fourth-order valence-corrected chi connectivity index (χ4v) is 5.34. The molecule has 2 aromatic carbocycles. The SMILES string of the molecule is COc1cc(C=C2CCCN3C2=NOC(C2CC2)[C@@H]3c2cc(F)c(F)c(F)c2)ccc1-n1cnc(C)c1. The van der Waals surface area contributed by atoms with Crippen molar-refractivity contribution in [1.82, 2.24) is 14.5 Å². The molecule has 3 aliphatic rings. The smallest absolute Gasteiger partial charge is 0.194 e. The third-order valence-corrected chi connectivity index (χ3v) is 7.28. The van der Waals surface area contributed by atoms with Gasteiger partial charge in [0.25, 0.3) is 0 Å². The Kier molecular flexibility index (Phi) is 5.93. The maximum Gasteiger partial charge on any atom is 0.194 e. The van der Waals surface area contributed by atoms with E-state index in [4.69, 9.17) is 9.57 Å². The second kappa shape index (κ2) is 9.28. The third-order valence-electron chi connectivity index (χ3n) is 7.28. The van der Waals surface area contributed by atoms with Crippen LogP contribution in [0.1, 0.15) is 48.5 Å². The van der Waals surface area contributed by atoms with Gasteiger partial charge in [0.15, 0.2) is 29.4 Å². The van der Waals surface area contributed by atoms with Crippen LogP contribution in [-0.2, 0) is 4.84 Å². The summed E-state index contributed by atoms with van der Waals surface area (Å²) in [7, 11) is 1.63. The Hall–Kier alpha value is -3.75. The van der Waals surface area contributed by atoms with E-state index in [0.717, 1.165) is 60.3 Å². The molecule has 1 saturated heterocycles. The average molecular weight is 509 g/mol. The van der Waals surface area contributed by atoms with E-state index in [1.807, 2.05) is 42.0 Å². The quantitative estimate of drug-likeness (QED) is 0.400. The van der Waals surface area contributed by atoms with Gasteiger partial charge in [-0.3, -0.25) is 0 Å². The number of oxime groups is 1. The molecule has 0 radical (unpaired) electrons. The maximum absolute atomic E-state index is 14.2. The molecule has 37 heavy (non-hydrogen) atoms. The molecule has 2 atom stereocenters. The lowest BCUT2D eigenvalue weighted by atomic mass is 9.91. The van der Waals surface area contributed by atoms with Gasteiger partial charge >= 0.3 is 0 Å². The van der Waals surface area contributed by atoms with E-state index in [-0.39, 0.29) is 12.0 Å². The number of nitrogens with zero attached hydrogens (tertiary/aromatic N) is 4. The molecule has 1 unspecified atom stereocenters. The van der Waals surface area contributed by atoms with Crippen molar-refractivity contribution in [2.75, 3.05) is 13.7 Å². The van der Waals surface area contributed by atoms with Gasteiger partial charge in [-0.2, -0.15) is 0 Å². The Morgan fingerprint density at radius 3 is 2.57 bits per heavy atom. The first kappa shape index (κ1) is 23.6. The van der Waals surface area contributed by atoms with Crippen LogP contribution in [0.15, 0.2) is 53.6 Å². The van der Waals surface area contributed by atoms with Crippen molar-refractivity contribution >= 4 is 11.9 Å². The number of methoxy groups -OCH3 is 1. The summed E-state index contributed by atoms with van der Waals surface area (Å²) >= 11 is 0. The molecule has 2 fully saturated rings. The van der Waals surface area contributed by atoms with Crippen molar-refractivity contribution in [1.29, 1.82) is 0 Å². The van der Waals surface area contributed by atoms with Gasteiger partial charge in [-0.05, 0) is 79.6 Å². The molecule has 192 valence electrons. The largest absolute Gasteiger partial charge is 0.495 e. The summed E-state index contributed by atoms with van der Waals surface area (Å²) in [5, 5.41) is 4.49. The van der Waals surface area contributed by atoms with Crippen LogP contribution < -0.4 is 4.74 Å². The molecule has 2 aliphatic heterocycles. The van der Waals surface area contributed by atoms with Crippen LogP contribution in [0.25, 0.3) is 11.8 Å². The Bertz CT molecular complexity index is 1390. The predicted molar refractivity (Wildman–Crippen MR) is 133 cm³/mol. The summed E-state index contributed by atoms with van der Waals surface area (Å²) in [5.41, 5.74) is 4.04. The van der Waals surface area contributed by atoms with Gasteiger partial charge in [0, 0.05) is 18.7 Å². The lowest BCUT2D eigenvalue weighted by Gasteiger charge is -2.44. The number of imidazole rings is 1. The number of piperidine rings is 1. The molecule has 0 bridgehead atoms. The molecule has 6 rings (SSSR count). The summed E-state index contributed by atoms with van der Waals surface area (Å²) in [6.07, 6.45) is 8.93. The van der Waals surface area contributed by atoms with Crippen LogP contribution >= 0.6 is 0 Å². The minimum atomic E-state index is -1.46. The molecule has 0 spiro atoms. The highest BCUT2D eigenvalue weighted by atomic mass is 19.2. The highest BCUT2D eigenvalue weighted by molar-refractivity contribution is 6.03. The van der Waals surface area contributed by atoms with Crippen LogP contribution in [0, 0.1) is 30.3 Å². The highest BCUT2D eigenvalue weighted by Crippen LogP contribution is 2.46. The zero-order valence-electron chi connectivity index (χ0n) is 20.6. The van der Waals surface area contributed by atoms with Gasteiger partial charge in [-0.1, -0.05) is 11.2 Å². The highest BCUT2D eigenvalue weighted by Gasteiger charge is 2.47. The molecule has 3 aromatic rings. The summed E-state index contributed by atoms with van der Waals surface area (Å²) in [6.45, 7) is 2.59. The van der Waals surface area contributed by atoms with Crippen LogP contribution in [0.3, 0.4) is 0 Å². The van der Waals surface area contributed by atoms with Gasteiger partial charge in [0.2, 0.25) is 0 Å². The normalized spacial score (nSPS) is 22.5. The average Bonchev–Trinajstić information content (AvgIpc) is 3.66. The maximum atomic E-state index is 14.2. The van der Waals surface area contributed by atoms with Crippen molar-refractivity contribution in [2.45, 2.75) is 44.8 Å². The summed E-state index contributed by atoms with van der Waals surface area (Å²) in [6, 6.07) is 7.65. The summed E-state index contributed by atoms with van der Waals surface area (Å²) in [5.74, 6) is -2.25. The van der Waals surface area contributed by atoms with Gasteiger partial charge < -0.3 is 19.0 Å². The van der Waals surface area contributed by atoms with Crippen LogP contribution in [0.5, 0.6) is 5.75 Å². The van der Waals surface area contributed by atoms with E-state index in [9.17, 15) is 13.2 Å². The first-order valence-electron chi connectivity index (χ1n) is 12.5. The zero-order valence-corrected chi connectivity index (χ0v) is 20.6. The molecular formula is C28H27F3N4O2. The number of hydrogen-bond acceptors (Lipinski definition) is 5. The van der Waals surface area contributed by atoms with Crippen molar-refractivity contribution < 1.29 is 22.7 Å². The topological polar surface area (TPSA) is 51.9 Å². The van der Waals surface area contributed by atoms with E-state index in [0.29, 0.717) is 23.7 Å². The number of aromatic nitrogens is 2. The van der Waals surface area contributed by atoms with Gasteiger partial charge in [-0.25, -0.2) is 18.2 Å². The van der Waals surface area contributed by atoms with E-state index in [1.165, 1.54) is 0 Å². The Morgan fingerprint density at radius 2 is 1.89 bits per heavy atom. The predicted octanol–water partition coefficient (Wildman–Crippen LogP) is 5.95. The molecule has 1 saturated carbocycles. The second-order valence-electron chi connectivity index (χ2n) is 9.89. The molecule has 6 nitrogen and oxygen atoms in total. The van der Waals surface area contributed by atoms with E-state index in [1.54, 1.807) is 13.4 Å². The minimum absolute atomic E-state index is 0.254. The van der Waals surface area contributed by atoms with Gasteiger partial charge in [-0.15, -0.1) is 0 Å². The number of amidine groups is 1. The number of hydrogen-bond donors (Lipinski definition) is 0. The van der Waals surface area contributed by atoms with Crippen molar-refractivity contribution in [3.05, 3.63) is 82.7 Å². The Morgan fingerprint density at radius 1 is 1.11 bits per heavy atom. The van der Waals surface area contributed by atoms with Gasteiger partial charge in [0.1, 0.15) is 5.75 Å². The van der Waals surface area contributed by atoms with E-state index in [2.05, 4.69) is 15.0 Å². The molecular weight excluding hydrogens is 481 g/mol. The van der Waals surface area contributed by atoms with Crippen molar-refractivity contribution in [3.8, 4) is 11.4 Å². The van der Waals surface area contributed by atoms with Crippen LogP contribution in [-0.4, -0.2) is 40.0 Å². The number of aryl methyl sites for hydroxylation is 1. The van der Waals surface area contributed by atoms with E-state index < -0.39 is 23.5 Å². The minimum Gasteiger partial charge on any atom is -0.495 e. The lowest BCUT2D eigenvalue weighted by molar-refractivity contribution is -0.0340. The third kappa shape index (κ3) is 4.36. The number of benzene rings is 2. The first-order chi connectivity index (χ1) is 17.9. The van der Waals surface area contributed by atoms with Crippen LogP contribution in [0.2, 0.25) is 0 Å². The zero-order chi connectivity index (χ0) is 25.7. The first-order valence-corrected chi connectivity index (χ1v) is 12.5. The monoisotopic (exact) mass is 508 g/mol. The molecule has 1 aromatic heterocycles. The molecule has 1 aliphatic carbocycles. The lowest BCUT2D eigenvalue weighted by Crippen LogP contribution is -2.49. The van der Waals surface area contributed by atoms with E-state index >= 15 is 0 Å². The fourth-order valence-electron chi connectivity index (χ4n) is 5.34. The Labute approximate surface area is 213 Å². The van der Waals surface area contributed by atoms with Crippen molar-refractivity contribution in [2.24, 2.45) is 11.1 Å². The number of ether oxygens (including phenoxy) is 1. The fraction of sp³-hybridized carbons (Fsp3) is 0.357. The summed E-state index contributed by atoms with van der Waals surface area (Å²) in [4.78, 5) is 12.3. The number of rotatable bonds is 5. The number of fused-ring (bicyclic) bond motifs is 1. The van der Waals surface area contributed by atoms with Crippen LogP contribution in [0.4, 0.5) is 13.2 Å². The molecule has 9 heteroatoms. The molecule has 0 N–H and O–H groups in total.